The molecule has 8 heavy (non-hydrogen) atoms. The molecule has 0 heterocycles. The zero-order valence-corrected chi connectivity index (χ0v) is 5.65. The van der Waals surface area contributed by atoms with Gasteiger partial charge in [-0.25, -0.2) is 0 Å². The number of ether oxygens (including phenoxy) is 1. The molecule has 0 rings (SSSR count). The number of hydrogen-bond donors (Lipinski definition) is 0. The predicted molar refractivity (Wildman–Crippen MR) is 35.7 cm³/mol. The van der Waals surface area contributed by atoms with Crippen molar-refractivity contribution in [2.75, 3.05) is 13.2 Å². The Labute approximate surface area is 52.0 Å². The van der Waals surface area contributed by atoms with Crippen LogP contribution in [0.3, 0.4) is 0 Å². The average molecular weight is 115 g/mol. The van der Waals surface area contributed by atoms with E-state index in [2.05, 4.69) is 13.8 Å². The molecule has 0 aliphatic carbocycles. The van der Waals surface area contributed by atoms with Gasteiger partial charge >= 0.3 is 0 Å². The highest BCUT2D eigenvalue weighted by atomic mass is 16.5. The summed E-state index contributed by atoms with van der Waals surface area (Å²) in [4.78, 5) is 0. The second-order valence-corrected chi connectivity index (χ2v) is 1.82. The van der Waals surface area contributed by atoms with E-state index in [1.54, 1.807) is 0 Å². The van der Waals surface area contributed by atoms with E-state index in [0.717, 1.165) is 32.5 Å². The lowest BCUT2D eigenvalue weighted by Crippen LogP contribution is -1.93. The Balaban J connectivity index is 2.53. The van der Waals surface area contributed by atoms with Gasteiger partial charge in [0.1, 0.15) is 0 Å². The Bertz CT molecular complexity index is 29.4. The topological polar surface area (TPSA) is 9.23 Å². The first-order chi connectivity index (χ1) is 3.91. The monoisotopic (exact) mass is 115 g/mol. The first kappa shape index (κ1) is 7.96. The highest BCUT2D eigenvalue weighted by molar-refractivity contribution is 4.38. The molecule has 1 radical (unpaired) electrons. The van der Waals surface area contributed by atoms with E-state index in [9.17, 15) is 0 Å². The summed E-state index contributed by atoms with van der Waals surface area (Å²) in [6.45, 7) is 7.61. The Morgan fingerprint density at radius 2 is 2.12 bits per heavy atom. The van der Waals surface area contributed by atoms with E-state index in [1.165, 1.54) is 0 Å². The van der Waals surface area contributed by atoms with Gasteiger partial charge in [-0.05, 0) is 12.8 Å². The fourth-order valence-corrected chi connectivity index (χ4v) is 0.451. The molecule has 0 N–H and O–H groups in total. The fraction of sp³-hybridized carbons (Fsp3) is 0.857. The SMILES string of the molecule is [CH2]CCCOCCC. The molecule has 0 aromatic rings. The van der Waals surface area contributed by atoms with Gasteiger partial charge in [-0.2, -0.15) is 0 Å². The van der Waals surface area contributed by atoms with Crippen LogP contribution in [0.2, 0.25) is 0 Å². The largest absolute Gasteiger partial charge is 0.381 e. The minimum atomic E-state index is 0.886. The van der Waals surface area contributed by atoms with Crippen LogP contribution in [-0.2, 0) is 4.74 Å². The Hall–Kier alpha value is -0.0400. The predicted octanol–water partition coefficient (Wildman–Crippen LogP) is 2.03. The van der Waals surface area contributed by atoms with Gasteiger partial charge in [-0.3, -0.25) is 0 Å². The molecule has 1 heteroatoms. The molecule has 0 atom stereocenters. The van der Waals surface area contributed by atoms with Crippen molar-refractivity contribution in [3.05, 3.63) is 6.92 Å². The van der Waals surface area contributed by atoms with Crippen LogP contribution >= 0.6 is 0 Å². The zero-order chi connectivity index (χ0) is 6.24. The van der Waals surface area contributed by atoms with E-state index in [1.807, 2.05) is 0 Å². The van der Waals surface area contributed by atoms with Gasteiger partial charge in [0.2, 0.25) is 0 Å². The summed E-state index contributed by atoms with van der Waals surface area (Å²) in [5, 5.41) is 0. The Morgan fingerprint density at radius 3 is 2.62 bits per heavy atom. The van der Waals surface area contributed by atoms with Crippen LogP contribution in [0, 0.1) is 6.92 Å². The Kier molecular flexibility index (Phi) is 6.93. The molecule has 0 fully saturated rings. The normalized spacial score (nSPS) is 9.75. The van der Waals surface area contributed by atoms with Crippen LogP contribution in [0.25, 0.3) is 0 Å². The Morgan fingerprint density at radius 1 is 1.38 bits per heavy atom. The summed E-state index contributed by atoms with van der Waals surface area (Å²) in [7, 11) is 0. The van der Waals surface area contributed by atoms with E-state index < -0.39 is 0 Å². The lowest BCUT2D eigenvalue weighted by atomic mass is 10.4. The molecular formula is C7H15O. The third kappa shape index (κ3) is 5.96. The smallest absolute Gasteiger partial charge is 0.0466 e. The van der Waals surface area contributed by atoms with Gasteiger partial charge in [0, 0.05) is 13.2 Å². The minimum absolute atomic E-state index is 0.886. The molecule has 0 saturated carbocycles. The van der Waals surface area contributed by atoms with Gasteiger partial charge in [0.15, 0.2) is 0 Å². The summed E-state index contributed by atoms with van der Waals surface area (Å²) in [6.07, 6.45) is 3.21. The van der Waals surface area contributed by atoms with E-state index in [4.69, 9.17) is 4.74 Å². The summed E-state index contributed by atoms with van der Waals surface area (Å²) in [5.41, 5.74) is 0. The summed E-state index contributed by atoms with van der Waals surface area (Å²) >= 11 is 0. The third-order valence-electron chi connectivity index (χ3n) is 0.887. The van der Waals surface area contributed by atoms with Crippen molar-refractivity contribution in [3.8, 4) is 0 Å². The molecule has 0 aromatic heterocycles. The van der Waals surface area contributed by atoms with Gasteiger partial charge in [-0.1, -0.05) is 20.3 Å². The van der Waals surface area contributed by atoms with Crippen molar-refractivity contribution in [3.63, 3.8) is 0 Å². The molecule has 49 valence electrons. The summed E-state index contributed by atoms with van der Waals surface area (Å²) in [5.74, 6) is 0. The molecule has 0 amide bonds. The van der Waals surface area contributed by atoms with Gasteiger partial charge in [0.25, 0.3) is 0 Å². The number of rotatable bonds is 5. The maximum Gasteiger partial charge on any atom is 0.0466 e. The maximum absolute atomic E-state index is 5.18. The molecule has 0 aliphatic heterocycles. The zero-order valence-electron chi connectivity index (χ0n) is 5.65. The molecule has 0 saturated heterocycles. The highest BCUT2D eigenvalue weighted by Gasteiger charge is 1.81. The van der Waals surface area contributed by atoms with Crippen molar-refractivity contribution in [1.29, 1.82) is 0 Å². The van der Waals surface area contributed by atoms with Crippen LogP contribution in [0.1, 0.15) is 26.2 Å². The standard InChI is InChI=1S/C7H15O/c1-3-5-7-8-6-4-2/h1,3-7H2,2H3. The third-order valence-corrected chi connectivity index (χ3v) is 0.887. The molecule has 0 aromatic carbocycles. The first-order valence-corrected chi connectivity index (χ1v) is 3.28. The quantitative estimate of drug-likeness (QED) is 0.498. The molecule has 0 unspecified atom stereocenters. The lowest BCUT2D eigenvalue weighted by molar-refractivity contribution is 0.133. The van der Waals surface area contributed by atoms with E-state index in [-0.39, 0.29) is 0 Å². The van der Waals surface area contributed by atoms with E-state index >= 15 is 0 Å². The lowest BCUT2D eigenvalue weighted by Gasteiger charge is -1.97. The fourth-order valence-electron chi connectivity index (χ4n) is 0.451. The van der Waals surface area contributed by atoms with Crippen molar-refractivity contribution < 1.29 is 4.74 Å². The van der Waals surface area contributed by atoms with Crippen LogP contribution in [0.5, 0.6) is 0 Å². The maximum atomic E-state index is 5.18. The van der Waals surface area contributed by atoms with E-state index in [0.29, 0.717) is 0 Å². The van der Waals surface area contributed by atoms with Crippen molar-refractivity contribution in [2.45, 2.75) is 26.2 Å². The second kappa shape index (κ2) is 6.96. The molecular weight excluding hydrogens is 100 g/mol. The van der Waals surface area contributed by atoms with Gasteiger partial charge in [-0.15, -0.1) is 0 Å². The van der Waals surface area contributed by atoms with Crippen LogP contribution in [0.4, 0.5) is 0 Å². The molecule has 0 bridgehead atoms. The van der Waals surface area contributed by atoms with Crippen molar-refractivity contribution >= 4 is 0 Å². The number of unbranched alkanes of at least 4 members (excludes halogenated alkanes) is 1. The summed E-state index contributed by atoms with van der Waals surface area (Å²) < 4.78 is 5.18. The minimum Gasteiger partial charge on any atom is -0.381 e. The first-order valence-electron chi connectivity index (χ1n) is 3.28. The van der Waals surface area contributed by atoms with Crippen LogP contribution in [-0.4, -0.2) is 13.2 Å². The second-order valence-electron chi connectivity index (χ2n) is 1.82. The van der Waals surface area contributed by atoms with Gasteiger partial charge < -0.3 is 4.74 Å². The van der Waals surface area contributed by atoms with Crippen LogP contribution in [0.15, 0.2) is 0 Å². The highest BCUT2D eigenvalue weighted by Crippen LogP contribution is 1.87. The molecule has 1 nitrogen and oxygen atoms in total. The van der Waals surface area contributed by atoms with Crippen molar-refractivity contribution in [2.24, 2.45) is 0 Å². The summed E-state index contributed by atoms with van der Waals surface area (Å²) in [6, 6.07) is 0. The van der Waals surface area contributed by atoms with Gasteiger partial charge in [0.05, 0.1) is 0 Å². The number of hydrogen-bond acceptors (Lipinski definition) is 1. The average Bonchev–Trinajstić information content (AvgIpc) is 1.81. The van der Waals surface area contributed by atoms with Crippen molar-refractivity contribution in [1.82, 2.24) is 0 Å². The molecule has 0 aliphatic rings. The molecule has 0 spiro atoms. The van der Waals surface area contributed by atoms with Crippen LogP contribution < -0.4 is 0 Å².